The number of para-hydroxylation sites is 1. The molecule has 1 aliphatic rings. The highest BCUT2D eigenvalue weighted by Gasteiger charge is 2.32. The molecule has 0 unspecified atom stereocenters. The van der Waals surface area contributed by atoms with Crippen LogP contribution in [0.5, 0.6) is 0 Å². The van der Waals surface area contributed by atoms with E-state index in [1.165, 1.54) is 5.56 Å². The Hall–Kier alpha value is -3.33. The lowest BCUT2D eigenvalue weighted by Gasteiger charge is -2.31. The zero-order chi connectivity index (χ0) is 21.1. The van der Waals surface area contributed by atoms with Crippen LogP contribution in [0.25, 0.3) is 11.3 Å². The van der Waals surface area contributed by atoms with Crippen LogP contribution >= 0.6 is 0 Å². The molecule has 1 aliphatic heterocycles. The number of carbonyl (C=O) groups excluding carboxylic acids is 1. The van der Waals surface area contributed by atoms with Gasteiger partial charge in [-0.1, -0.05) is 73.0 Å². The quantitative estimate of drug-likeness (QED) is 0.442. The van der Waals surface area contributed by atoms with Crippen molar-refractivity contribution < 1.29 is 9.53 Å². The van der Waals surface area contributed by atoms with Gasteiger partial charge in [-0.25, -0.2) is 9.69 Å². The number of fused-ring (bicyclic) bond motifs is 1. The summed E-state index contributed by atoms with van der Waals surface area (Å²) in [5, 5.41) is 0. The van der Waals surface area contributed by atoms with E-state index in [0.29, 0.717) is 5.76 Å². The molecule has 0 aromatic heterocycles. The van der Waals surface area contributed by atoms with Gasteiger partial charge in [0.2, 0.25) is 0 Å². The largest absolute Gasteiger partial charge is 0.424 e. The van der Waals surface area contributed by atoms with E-state index >= 15 is 0 Å². The summed E-state index contributed by atoms with van der Waals surface area (Å²) in [6, 6.07) is 24.4. The van der Waals surface area contributed by atoms with Crippen LogP contribution in [0.2, 0.25) is 0 Å². The van der Waals surface area contributed by atoms with Gasteiger partial charge in [0.05, 0.1) is 11.4 Å². The van der Waals surface area contributed by atoms with Crippen LogP contribution in [0.3, 0.4) is 0 Å². The van der Waals surface area contributed by atoms with Gasteiger partial charge in [-0.2, -0.15) is 0 Å². The summed E-state index contributed by atoms with van der Waals surface area (Å²) in [4.78, 5) is 14.8. The molecule has 3 nitrogen and oxygen atoms in total. The molecule has 0 spiro atoms. The molecule has 0 N–H and O–H groups in total. The third-order valence-corrected chi connectivity index (χ3v) is 5.51. The summed E-state index contributed by atoms with van der Waals surface area (Å²) in [6.07, 6.45) is 2.61. The molecule has 152 valence electrons. The number of aryl methyl sites for hydroxylation is 2. The van der Waals surface area contributed by atoms with Gasteiger partial charge in [0.25, 0.3) is 0 Å². The number of amides is 1. The molecule has 1 amide bonds. The first-order valence-electron chi connectivity index (χ1n) is 10.6. The topological polar surface area (TPSA) is 29.5 Å². The van der Waals surface area contributed by atoms with Crippen LogP contribution in [-0.4, -0.2) is 6.09 Å². The summed E-state index contributed by atoms with van der Waals surface area (Å²) >= 11 is 0. The van der Waals surface area contributed by atoms with Gasteiger partial charge in [-0.15, -0.1) is 0 Å². The molecule has 0 atom stereocenters. The summed E-state index contributed by atoms with van der Waals surface area (Å²) in [7, 11) is 0. The Morgan fingerprint density at radius 2 is 1.50 bits per heavy atom. The fraction of sp³-hybridized carbons (Fsp3) is 0.222. The van der Waals surface area contributed by atoms with Crippen molar-refractivity contribution in [2.75, 3.05) is 4.90 Å². The molecular weight excluding hydrogens is 370 g/mol. The average Bonchev–Trinajstić information content (AvgIpc) is 2.76. The predicted molar refractivity (Wildman–Crippen MR) is 124 cm³/mol. The van der Waals surface area contributed by atoms with Gasteiger partial charge in [0, 0.05) is 11.1 Å². The lowest BCUT2D eigenvalue weighted by Crippen LogP contribution is -2.31. The van der Waals surface area contributed by atoms with Crippen molar-refractivity contribution in [1.82, 2.24) is 0 Å². The monoisotopic (exact) mass is 397 g/mol. The first-order valence-corrected chi connectivity index (χ1v) is 10.6. The molecule has 4 rings (SSSR count). The normalized spacial score (nSPS) is 14.9. The molecule has 3 heteroatoms. The maximum atomic E-state index is 13.2. The number of rotatable bonds is 5. The fourth-order valence-corrected chi connectivity index (χ4v) is 3.81. The number of ether oxygens (including phenoxy) is 1. The van der Waals surface area contributed by atoms with E-state index in [9.17, 15) is 4.79 Å². The first kappa shape index (κ1) is 20.0. The second-order valence-electron chi connectivity index (χ2n) is 7.83. The van der Waals surface area contributed by atoms with Gasteiger partial charge < -0.3 is 4.74 Å². The second kappa shape index (κ2) is 8.58. The Kier molecular flexibility index (Phi) is 5.71. The zero-order valence-corrected chi connectivity index (χ0v) is 17.8. The summed E-state index contributed by atoms with van der Waals surface area (Å²) in [6.45, 7) is 6.30. The molecule has 3 aromatic carbocycles. The Morgan fingerprint density at radius 1 is 0.867 bits per heavy atom. The average molecular weight is 398 g/mol. The van der Waals surface area contributed by atoms with Crippen LogP contribution in [-0.2, 0) is 4.74 Å². The Balaban J connectivity index is 1.88. The van der Waals surface area contributed by atoms with Crippen LogP contribution < -0.4 is 4.90 Å². The molecule has 3 aromatic rings. The van der Waals surface area contributed by atoms with E-state index in [4.69, 9.17) is 4.74 Å². The maximum Gasteiger partial charge on any atom is 0.424 e. The van der Waals surface area contributed by atoms with Gasteiger partial charge in [-0.3, -0.25) is 0 Å². The van der Waals surface area contributed by atoms with Gasteiger partial charge in [-0.05, 0) is 56.5 Å². The molecule has 0 saturated heterocycles. The number of nitrogens with zero attached hydrogens (tertiary/aromatic N) is 1. The lowest BCUT2D eigenvalue weighted by atomic mass is 9.94. The van der Waals surface area contributed by atoms with E-state index in [1.54, 1.807) is 4.90 Å². The fourth-order valence-electron chi connectivity index (χ4n) is 3.81. The molecule has 0 aliphatic carbocycles. The molecule has 0 bridgehead atoms. The highest BCUT2D eigenvalue weighted by molar-refractivity contribution is 6.08. The number of cyclic esters (lactones) is 1. The van der Waals surface area contributed by atoms with Crippen molar-refractivity contribution in [2.24, 2.45) is 0 Å². The molecule has 0 radical (unpaired) electrons. The Bertz CT molecular complexity index is 1080. The van der Waals surface area contributed by atoms with Crippen molar-refractivity contribution in [1.29, 1.82) is 0 Å². The van der Waals surface area contributed by atoms with Crippen LogP contribution in [0, 0.1) is 13.8 Å². The highest BCUT2D eigenvalue weighted by atomic mass is 16.6. The highest BCUT2D eigenvalue weighted by Crippen LogP contribution is 2.42. The van der Waals surface area contributed by atoms with Crippen molar-refractivity contribution in [2.45, 2.75) is 40.0 Å². The van der Waals surface area contributed by atoms with Crippen LogP contribution in [0.1, 0.15) is 48.4 Å². The van der Waals surface area contributed by atoms with E-state index in [-0.39, 0.29) is 6.09 Å². The van der Waals surface area contributed by atoms with Crippen molar-refractivity contribution in [3.8, 4) is 0 Å². The lowest BCUT2D eigenvalue weighted by molar-refractivity contribution is 0.200. The summed E-state index contributed by atoms with van der Waals surface area (Å²) in [5.41, 5.74) is 7.17. The number of hydrogen-bond acceptors (Lipinski definition) is 2. The van der Waals surface area contributed by atoms with Crippen molar-refractivity contribution >= 4 is 28.8 Å². The smallest absolute Gasteiger partial charge is 0.409 e. The molecular formula is C27H27NO2. The number of carbonyl (C=O) groups is 1. The van der Waals surface area contributed by atoms with E-state index in [1.807, 2.05) is 55.5 Å². The SMILES string of the molecule is CCCC/C(=C1\OC(=O)N(c2ccc(C)cc2)c2ccccc21)c1ccc(C)cc1. The minimum atomic E-state index is -0.367. The van der Waals surface area contributed by atoms with Crippen LogP contribution in [0.4, 0.5) is 16.2 Å². The van der Waals surface area contributed by atoms with Crippen molar-refractivity contribution in [3.05, 3.63) is 95.1 Å². The minimum Gasteiger partial charge on any atom is -0.409 e. The molecule has 30 heavy (non-hydrogen) atoms. The third-order valence-electron chi connectivity index (χ3n) is 5.51. The second-order valence-corrected chi connectivity index (χ2v) is 7.83. The van der Waals surface area contributed by atoms with E-state index < -0.39 is 0 Å². The molecule has 0 saturated carbocycles. The Morgan fingerprint density at radius 3 is 2.17 bits per heavy atom. The van der Waals surface area contributed by atoms with E-state index in [2.05, 4.69) is 38.1 Å². The third kappa shape index (κ3) is 3.88. The summed E-state index contributed by atoms with van der Waals surface area (Å²) in [5.74, 6) is 0.677. The summed E-state index contributed by atoms with van der Waals surface area (Å²) < 4.78 is 6.02. The number of hydrogen-bond donors (Lipinski definition) is 0. The maximum absolute atomic E-state index is 13.2. The Labute approximate surface area is 178 Å². The zero-order valence-electron chi connectivity index (χ0n) is 17.8. The number of unbranched alkanes of at least 4 members (excludes halogenated alkanes) is 1. The van der Waals surface area contributed by atoms with Crippen molar-refractivity contribution in [3.63, 3.8) is 0 Å². The molecule has 0 fully saturated rings. The van der Waals surface area contributed by atoms with Crippen LogP contribution in [0.15, 0.2) is 72.8 Å². The van der Waals surface area contributed by atoms with E-state index in [0.717, 1.165) is 52.9 Å². The van der Waals surface area contributed by atoms with Gasteiger partial charge in [0.15, 0.2) is 0 Å². The minimum absolute atomic E-state index is 0.367. The van der Waals surface area contributed by atoms with Gasteiger partial charge >= 0.3 is 6.09 Å². The van der Waals surface area contributed by atoms with Gasteiger partial charge in [0.1, 0.15) is 5.76 Å². The predicted octanol–water partition coefficient (Wildman–Crippen LogP) is 7.65. The first-order chi connectivity index (χ1) is 14.6. The standard InChI is InChI=1S/C27H27NO2/c1-4-5-8-23(21-15-11-19(2)12-16-21)26-24-9-6-7-10-25(24)28(27(29)30-26)22-17-13-20(3)14-18-22/h6-7,9-18H,4-5,8H2,1-3H3/b26-23+. The number of allylic oxidation sites excluding steroid dienone is 1. The number of anilines is 2. The number of benzene rings is 3. The molecule has 1 heterocycles.